The minimum absolute atomic E-state index is 0.0607. The van der Waals surface area contributed by atoms with Crippen LogP contribution in [0.25, 0.3) is 0 Å². The number of anilines is 2. The zero-order chi connectivity index (χ0) is 22.8. The minimum Gasteiger partial charge on any atom is -0.496 e. The van der Waals surface area contributed by atoms with Crippen LogP contribution in [-0.2, 0) is 0 Å². The lowest BCUT2D eigenvalue weighted by atomic mass is 10.1. The summed E-state index contributed by atoms with van der Waals surface area (Å²) in [4.78, 5) is 38.9. The standard InChI is InChI=1S/C23H16ClN3O4S/c1-31-19-11-6-13(24)12-18(19)20(28)26-23(32)25-14-7-9-15(10-8-14)27-21(29)16-4-2-3-5-17(16)22(27)30/h2-12H,1H3,(H2,25,26,28,32). The number of nitrogens with one attached hydrogen (secondary N) is 2. The average Bonchev–Trinajstić information content (AvgIpc) is 3.04. The molecule has 7 nitrogen and oxygen atoms in total. The van der Waals surface area contributed by atoms with Crippen molar-refractivity contribution in [3.05, 3.63) is 88.4 Å². The summed E-state index contributed by atoms with van der Waals surface area (Å²) < 4.78 is 5.18. The van der Waals surface area contributed by atoms with Crippen molar-refractivity contribution in [2.45, 2.75) is 0 Å². The van der Waals surface area contributed by atoms with Crippen molar-refractivity contribution in [2.75, 3.05) is 17.3 Å². The molecule has 3 amide bonds. The van der Waals surface area contributed by atoms with Gasteiger partial charge in [-0.1, -0.05) is 23.7 Å². The van der Waals surface area contributed by atoms with E-state index in [4.69, 9.17) is 28.6 Å². The number of carbonyl (C=O) groups excluding carboxylic acids is 3. The molecule has 1 aliphatic rings. The first kappa shape index (κ1) is 21.5. The quantitative estimate of drug-likeness (QED) is 0.442. The van der Waals surface area contributed by atoms with Gasteiger partial charge in [-0.15, -0.1) is 0 Å². The fraction of sp³-hybridized carbons (Fsp3) is 0.0435. The van der Waals surface area contributed by atoms with E-state index in [9.17, 15) is 14.4 Å². The van der Waals surface area contributed by atoms with E-state index in [0.717, 1.165) is 4.90 Å². The Morgan fingerprint density at radius 1 is 0.969 bits per heavy atom. The lowest BCUT2D eigenvalue weighted by Crippen LogP contribution is -2.34. The molecule has 2 N–H and O–H groups in total. The Morgan fingerprint density at radius 3 is 2.19 bits per heavy atom. The fourth-order valence-electron chi connectivity index (χ4n) is 3.31. The third kappa shape index (κ3) is 4.05. The summed E-state index contributed by atoms with van der Waals surface area (Å²) in [5.74, 6) is -0.862. The van der Waals surface area contributed by atoms with Crippen LogP contribution in [0.3, 0.4) is 0 Å². The molecule has 1 heterocycles. The first-order valence-corrected chi connectivity index (χ1v) is 10.2. The molecule has 0 radical (unpaired) electrons. The van der Waals surface area contributed by atoms with Gasteiger partial charge in [-0.05, 0) is 66.8 Å². The molecule has 9 heteroatoms. The Hall–Kier alpha value is -3.75. The molecule has 0 fully saturated rings. The highest BCUT2D eigenvalue weighted by Crippen LogP contribution is 2.29. The van der Waals surface area contributed by atoms with Gasteiger partial charge in [0.25, 0.3) is 17.7 Å². The van der Waals surface area contributed by atoms with Crippen molar-refractivity contribution in [3.63, 3.8) is 0 Å². The maximum absolute atomic E-state index is 12.6. The molecule has 4 rings (SSSR count). The van der Waals surface area contributed by atoms with E-state index in [1.165, 1.54) is 13.2 Å². The second kappa shape index (κ2) is 8.78. The van der Waals surface area contributed by atoms with E-state index < -0.39 is 5.91 Å². The van der Waals surface area contributed by atoms with Crippen molar-refractivity contribution in [1.29, 1.82) is 0 Å². The predicted octanol–water partition coefficient (Wildman–Crippen LogP) is 4.28. The predicted molar refractivity (Wildman–Crippen MR) is 126 cm³/mol. The summed E-state index contributed by atoms with van der Waals surface area (Å²) in [6.45, 7) is 0. The topological polar surface area (TPSA) is 87.7 Å². The normalized spacial score (nSPS) is 12.4. The molecule has 0 atom stereocenters. The number of amides is 3. The van der Waals surface area contributed by atoms with Crippen LogP contribution in [0.4, 0.5) is 11.4 Å². The number of nitrogens with zero attached hydrogens (tertiary/aromatic N) is 1. The van der Waals surface area contributed by atoms with Crippen LogP contribution in [-0.4, -0.2) is 29.9 Å². The molecule has 0 unspecified atom stereocenters. The van der Waals surface area contributed by atoms with Crippen molar-refractivity contribution in [1.82, 2.24) is 5.32 Å². The highest BCUT2D eigenvalue weighted by molar-refractivity contribution is 7.80. The molecule has 160 valence electrons. The third-order valence-corrected chi connectivity index (χ3v) is 5.25. The number of hydrogen-bond donors (Lipinski definition) is 2. The Balaban J connectivity index is 1.44. The zero-order valence-corrected chi connectivity index (χ0v) is 18.3. The monoisotopic (exact) mass is 465 g/mol. The molecule has 32 heavy (non-hydrogen) atoms. The summed E-state index contributed by atoms with van der Waals surface area (Å²) in [6, 6.07) is 17.9. The molecular formula is C23H16ClN3O4S. The number of thiocarbonyl (C=S) groups is 1. The molecule has 0 saturated carbocycles. The zero-order valence-electron chi connectivity index (χ0n) is 16.7. The van der Waals surface area contributed by atoms with Gasteiger partial charge in [0.15, 0.2) is 5.11 Å². The number of hydrogen-bond acceptors (Lipinski definition) is 5. The van der Waals surface area contributed by atoms with Crippen LogP contribution in [0.5, 0.6) is 5.75 Å². The maximum atomic E-state index is 12.6. The molecular weight excluding hydrogens is 450 g/mol. The van der Waals surface area contributed by atoms with Crippen molar-refractivity contribution >= 4 is 58.0 Å². The number of halogens is 1. The van der Waals surface area contributed by atoms with Gasteiger partial charge in [0.1, 0.15) is 5.75 Å². The van der Waals surface area contributed by atoms with E-state index in [2.05, 4.69) is 10.6 Å². The Labute approximate surface area is 193 Å². The third-order valence-electron chi connectivity index (χ3n) is 4.81. The number of benzene rings is 3. The Bertz CT molecular complexity index is 1230. The summed E-state index contributed by atoms with van der Waals surface area (Å²) in [5, 5.41) is 5.90. The average molecular weight is 466 g/mol. The highest BCUT2D eigenvalue weighted by atomic mass is 35.5. The van der Waals surface area contributed by atoms with Gasteiger partial charge in [0, 0.05) is 10.7 Å². The molecule has 0 saturated heterocycles. The molecule has 3 aromatic rings. The molecule has 3 aromatic carbocycles. The Kier molecular flexibility index (Phi) is 5.89. The summed E-state index contributed by atoms with van der Waals surface area (Å²) in [7, 11) is 1.45. The SMILES string of the molecule is COc1ccc(Cl)cc1C(=O)NC(=S)Nc1ccc(N2C(=O)c3ccccc3C2=O)cc1. The van der Waals surface area contributed by atoms with E-state index in [0.29, 0.717) is 33.3 Å². The van der Waals surface area contributed by atoms with Crippen LogP contribution < -0.4 is 20.3 Å². The van der Waals surface area contributed by atoms with Crippen LogP contribution in [0.1, 0.15) is 31.1 Å². The first-order chi connectivity index (χ1) is 15.4. The molecule has 0 spiro atoms. The molecule has 0 aliphatic carbocycles. The Morgan fingerprint density at radius 2 is 1.59 bits per heavy atom. The number of carbonyl (C=O) groups is 3. The number of ether oxygens (including phenoxy) is 1. The van der Waals surface area contributed by atoms with Gasteiger partial charge in [0.2, 0.25) is 0 Å². The van der Waals surface area contributed by atoms with Gasteiger partial charge in [0.05, 0.1) is 29.5 Å². The lowest BCUT2D eigenvalue weighted by molar-refractivity contribution is 0.0923. The van der Waals surface area contributed by atoms with Crippen molar-refractivity contribution in [3.8, 4) is 5.75 Å². The van der Waals surface area contributed by atoms with E-state index in [1.807, 2.05) is 0 Å². The number of imide groups is 1. The first-order valence-electron chi connectivity index (χ1n) is 9.43. The smallest absolute Gasteiger partial charge is 0.266 e. The highest BCUT2D eigenvalue weighted by Gasteiger charge is 2.36. The largest absolute Gasteiger partial charge is 0.496 e. The lowest BCUT2D eigenvalue weighted by Gasteiger charge is -2.15. The fourth-order valence-corrected chi connectivity index (χ4v) is 3.69. The second-order valence-corrected chi connectivity index (χ2v) is 7.64. The second-order valence-electron chi connectivity index (χ2n) is 6.79. The van der Waals surface area contributed by atoms with E-state index in [-0.39, 0.29) is 22.5 Å². The van der Waals surface area contributed by atoms with Gasteiger partial charge in [-0.3, -0.25) is 19.7 Å². The summed E-state index contributed by atoms with van der Waals surface area (Å²) in [6.07, 6.45) is 0. The molecule has 0 aromatic heterocycles. The van der Waals surface area contributed by atoms with Crippen LogP contribution in [0.15, 0.2) is 66.7 Å². The number of methoxy groups -OCH3 is 1. The minimum atomic E-state index is -0.482. The summed E-state index contributed by atoms with van der Waals surface area (Å²) in [5.41, 5.74) is 1.99. The molecule has 0 bridgehead atoms. The van der Waals surface area contributed by atoms with Gasteiger partial charge in [-0.2, -0.15) is 0 Å². The van der Waals surface area contributed by atoms with Crippen LogP contribution >= 0.6 is 23.8 Å². The number of fused-ring (bicyclic) bond motifs is 1. The van der Waals surface area contributed by atoms with Crippen molar-refractivity contribution in [2.24, 2.45) is 0 Å². The van der Waals surface area contributed by atoms with Gasteiger partial charge in [-0.25, -0.2) is 4.90 Å². The summed E-state index contributed by atoms with van der Waals surface area (Å²) >= 11 is 11.2. The van der Waals surface area contributed by atoms with E-state index in [1.54, 1.807) is 60.7 Å². The number of rotatable bonds is 4. The van der Waals surface area contributed by atoms with Gasteiger partial charge < -0.3 is 10.1 Å². The maximum Gasteiger partial charge on any atom is 0.266 e. The van der Waals surface area contributed by atoms with Crippen LogP contribution in [0, 0.1) is 0 Å². The van der Waals surface area contributed by atoms with Crippen molar-refractivity contribution < 1.29 is 19.1 Å². The van der Waals surface area contributed by atoms with Crippen LogP contribution in [0.2, 0.25) is 5.02 Å². The molecule has 1 aliphatic heterocycles. The van der Waals surface area contributed by atoms with Gasteiger partial charge >= 0.3 is 0 Å². The van der Waals surface area contributed by atoms with E-state index >= 15 is 0 Å².